The van der Waals surface area contributed by atoms with E-state index in [1.54, 1.807) is 24.0 Å². The Morgan fingerprint density at radius 2 is 1.85 bits per heavy atom. The van der Waals surface area contributed by atoms with Gasteiger partial charge in [-0.3, -0.25) is 4.79 Å². The van der Waals surface area contributed by atoms with Gasteiger partial charge in [-0.25, -0.2) is 4.79 Å². The van der Waals surface area contributed by atoms with Gasteiger partial charge in [-0.05, 0) is 58.8 Å². The number of hydrogen-bond acceptors (Lipinski definition) is 7. The maximum Gasteiger partial charge on any atom is 0.344 e. The number of hydrogen-bond donors (Lipinski definition) is 0. The van der Waals surface area contributed by atoms with Crippen LogP contribution in [0.5, 0.6) is 11.5 Å². The van der Waals surface area contributed by atoms with Crippen LogP contribution < -0.4 is 14.4 Å². The third kappa shape index (κ3) is 6.29. The van der Waals surface area contributed by atoms with Gasteiger partial charge in [-0.1, -0.05) is 18.2 Å². The minimum Gasteiger partial charge on any atom is -0.493 e. The summed E-state index contributed by atoms with van der Waals surface area (Å²) in [6, 6.07) is 15.4. The summed E-state index contributed by atoms with van der Waals surface area (Å²) in [5.41, 5.74) is 1.73. The molecule has 1 aliphatic heterocycles. The SMILES string of the molecule is CCOC(=O)COc1c(Br)cc(/C=C(/C#N)C(=O)N2CCN(c3ccccc3)CC2)cc1OC. The molecule has 1 heterocycles. The average Bonchev–Trinajstić information content (AvgIpc) is 2.86. The van der Waals surface area contributed by atoms with Crippen molar-refractivity contribution in [3.8, 4) is 17.6 Å². The normalized spacial score (nSPS) is 13.8. The van der Waals surface area contributed by atoms with Crippen LogP contribution in [0.2, 0.25) is 0 Å². The molecule has 0 spiro atoms. The average molecular weight is 528 g/mol. The molecule has 0 radical (unpaired) electrons. The number of amides is 1. The summed E-state index contributed by atoms with van der Waals surface area (Å²) >= 11 is 3.41. The van der Waals surface area contributed by atoms with Crippen LogP contribution in [0.15, 0.2) is 52.5 Å². The van der Waals surface area contributed by atoms with Gasteiger partial charge in [0.1, 0.15) is 11.6 Å². The van der Waals surface area contributed by atoms with Crippen molar-refractivity contribution in [1.82, 2.24) is 4.90 Å². The number of carbonyl (C=O) groups excluding carboxylic acids is 2. The number of halogens is 1. The van der Waals surface area contributed by atoms with Crippen LogP contribution in [0.4, 0.5) is 5.69 Å². The van der Waals surface area contributed by atoms with E-state index in [-0.39, 0.29) is 24.7 Å². The first-order chi connectivity index (χ1) is 16.5. The Bertz CT molecular complexity index is 1090. The van der Waals surface area contributed by atoms with Crippen molar-refractivity contribution >= 4 is 39.6 Å². The first kappa shape index (κ1) is 25.1. The van der Waals surface area contributed by atoms with E-state index in [1.165, 1.54) is 13.2 Å². The van der Waals surface area contributed by atoms with Crippen LogP contribution in [0.1, 0.15) is 12.5 Å². The highest BCUT2D eigenvalue weighted by Gasteiger charge is 2.24. The third-order valence-corrected chi connectivity index (χ3v) is 5.83. The second kappa shape index (κ2) is 12.1. The Morgan fingerprint density at radius 3 is 2.47 bits per heavy atom. The monoisotopic (exact) mass is 527 g/mol. The van der Waals surface area contributed by atoms with Crippen LogP contribution in [-0.4, -0.2) is 63.3 Å². The van der Waals surface area contributed by atoms with Gasteiger partial charge in [0.05, 0.1) is 18.2 Å². The minimum atomic E-state index is -0.495. The molecular formula is C25H26BrN3O5. The number of benzene rings is 2. The molecule has 0 bridgehead atoms. The highest BCUT2D eigenvalue weighted by molar-refractivity contribution is 9.10. The summed E-state index contributed by atoms with van der Waals surface area (Å²) in [6.07, 6.45) is 1.52. The van der Waals surface area contributed by atoms with Crippen LogP contribution in [0.25, 0.3) is 6.08 Å². The van der Waals surface area contributed by atoms with Gasteiger partial charge < -0.3 is 24.0 Å². The fourth-order valence-electron chi connectivity index (χ4n) is 3.58. The van der Waals surface area contributed by atoms with Crippen LogP contribution in [-0.2, 0) is 14.3 Å². The summed E-state index contributed by atoms with van der Waals surface area (Å²) in [7, 11) is 1.47. The van der Waals surface area contributed by atoms with E-state index >= 15 is 0 Å². The molecule has 1 amide bonds. The molecule has 8 nitrogen and oxygen atoms in total. The summed E-state index contributed by atoms with van der Waals surface area (Å²) in [4.78, 5) is 28.5. The van der Waals surface area contributed by atoms with Gasteiger partial charge in [0.15, 0.2) is 18.1 Å². The Hall–Kier alpha value is -3.51. The largest absolute Gasteiger partial charge is 0.493 e. The van der Waals surface area contributed by atoms with Gasteiger partial charge in [0.2, 0.25) is 0 Å². The second-order valence-electron chi connectivity index (χ2n) is 7.41. The lowest BCUT2D eigenvalue weighted by Crippen LogP contribution is -2.49. The molecule has 0 aliphatic carbocycles. The number of methoxy groups -OCH3 is 1. The standard InChI is InChI=1S/C25H26BrN3O5/c1-3-33-23(30)17-34-24-21(26)14-18(15-22(24)32-2)13-19(16-27)25(31)29-11-9-28(10-12-29)20-7-5-4-6-8-20/h4-8,13-15H,3,9-12,17H2,1-2H3/b19-13-. The second-order valence-corrected chi connectivity index (χ2v) is 8.27. The summed E-state index contributed by atoms with van der Waals surface area (Å²) < 4.78 is 16.3. The zero-order chi connectivity index (χ0) is 24.5. The van der Waals surface area contributed by atoms with Gasteiger partial charge in [-0.15, -0.1) is 0 Å². The van der Waals surface area contributed by atoms with Crippen molar-refractivity contribution in [3.05, 3.63) is 58.1 Å². The lowest BCUT2D eigenvalue weighted by molar-refractivity contribution is -0.145. The number of carbonyl (C=O) groups is 2. The number of ether oxygens (including phenoxy) is 3. The quantitative estimate of drug-likeness (QED) is 0.294. The van der Waals surface area contributed by atoms with Crippen molar-refractivity contribution in [1.29, 1.82) is 5.26 Å². The van der Waals surface area contributed by atoms with Crippen LogP contribution in [0.3, 0.4) is 0 Å². The molecule has 3 rings (SSSR count). The van der Waals surface area contributed by atoms with Gasteiger partial charge in [0.25, 0.3) is 5.91 Å². The van der Waals surface area contributed by atoms with Crippen molar-refractivity contribution < 1.29 is 23.8 Å². The van der Waals surface area contributed by atoms with E-state index in [4.69, 9.17) is 14.2 Å². The Balaban J connectivity index is 1.72. The van der Waals surface area contributed by atoms with E-state index in [1.807, 2.05) is 36.4 Å². The molecule has 0 aromatic heterocycles. The van der Waals surface area contributed by atoms with E-state index in [0.717, 1.165) is 5.69 Å². The number of nitrogens with zero attached hydrogens (tertiary/aromatic N) is 3. The third-order valence-electron chi connectivity index (χ3n) is 5.24. The van der Waals surface area contributed by atoms with Crippen LogP contribution in [0, 0.1) is 11.3 Å². The van der Waals surface area contributed by atoms with E-state index in [0.29, 0.717) is 47.7 Å². The Kier molecular flexibility index (Phi) is 8.93. The van der Waals surface area contributed by atoms with Crippen molar-refractivity contribution in [2.75, 3.05) is 51.4 Å². The molecule has 9 heteroatoms. The minimum absolute atomic E-state index is 0.0299. The molecular weight excluding hydrogens is 502 g/mol. The molecule has 1 aliphatic rings. The number of para-hydroxylation sites is 1. The van der Waals surface area contributed by atoms with Crippen molar-refractivity contribution in [2.45, 2.75) is 6.92 Å². The molecule has 0 saturated carbocycles. The van der Waals surface area contributed by atoms with E-state index < -0.39 is 5.97 Å². The summed E-state index contributed by atoms with van der Waals surface area (Å²) in [6.45, 7) is 4.15. The Labute approximate surface area is 207 Å². The van der Waals surface area contributed by atoms with Gasteiger partial charge >= 0.3 is 5.97 Å². The topological polar surface area (TPSA) is 92.1 Å². The first-order valence-electron chi connectivity index (χ1n) is 10.8. The molecule has 178 valence electrons. The molecule has 1 fully saturated rings. The predicted octanol–water partition coefficient (Wildman–Crippen LogP) is 3.66. The smallest absolute Gasteiger partial charge is 0.344 e. The molecule has 0 unspecified atom stereocenters. The zero-order valence-electron chi connectivity index (χ0n) is 19.1. The Morgan fingerprint density at radius 1 is 1.15 bits per heavy atom. The number of piperazine rings is 1. The fourth-order valence-corrected chi connectivity index (χ4v) is 4.16. The van der Waals surface area contributed by atoms with E-state index in [2.05, 4.69) is 20.8 Å². The fraction of sp³-hybridized carbons (Fsp3) is 0.320. The molecule has 0 N–H and O–H groups in total. The maximum absolute atomic E-state index is 13.0. The van der Waals surface area contributed by atoms with Crippen molar-refractivity contribution in [3.63, 3.8) is 0 Å². The lowest BCUT2D eigenvalue weighted by atomic mass is 10.1. The summed E-state index contributed by atoms with van der Waals surface area (Å²) in [5, 5.41) is 9.67. The highest BCUT2D eigenvalue weighted by atomic mass is 79.9. The molecule has 2 aromatic rings. The molecule has 34 heavy (non-hydrogen) atoms. The number of anilines is 1. The number of esters is 1. The number of rotatable bonds is 8. The highest BCUT2D eigenvalue weighted by Crippen LogP contribution is 2.37. The van der Waals surface area contributed by atoms with E-state index in [9.17, 15) is 14.9 Å². The first-order valence-corrected chi connectivity index (χ1v) is 11.6. The van der Waals surface area contributed by atoms with Crippen molar-refractivity contribution in [2.24, 2.45) is 0 Å². The lowest BCUT2D eigenvalue weighted by Gasteiger charge is -2.36. The number of nitriles is 1. The maximum atomic E-state index is 13.0. The van der Waals surface area contributed by atoms with Gasteiger partial charge in [-0.2, -0.15) is 5.26 Å². The molecule has 0 atom stereocenters. The zero-order valence-corrected chi connectivity index (χ0v) is 20.7. The molecule has 1 saturated heterocycles. The predicted molar refractivity (Wildman–Crippen MR) is 132 cm³/mol. The van der Waals surface area contributed by atoms with Gasteiger partial charge in [0, 0.05) is 31.9 Å². The van der Waals surface area contributed by atoms with Crippen LogP contribution >= 0.6 is 15.9 Å². The summed E-state index contributed by atoms with van der Waals surface area (Å²) in [5.74, 6) is -0.126. The molecule has 2 aromatic carbocycles.